The second kappa shape index (κ2) is 7.25. The molecule has 6 heteroatoms. The van der Waals surface area contributed by atoms with Gasteiger partial charge in [0.05, 0.1) is 19.3 Å². The Morgan fingerprint density at radius 2 is 2.05 bits per heavy atom. The number of amides is 1. The van der Waals surface area contributed by atoms with E-state index < -0.39 is 5.97 Å². The van der Waals surface area contributed by atoms with E-state index in [1.807, 2.05) is 0 Å². The third-order valence-corrected chi connectivity index (χ3v) is 2.50. The van der Waals surface area contributed by atoms with Crippen molar-refractivity contribution in [2.45, 2.75) is 12.8 Å². The lowest BCUT2D eigenvalue weighted by Gasteiger charge is -2.11. The number of carboxylic acids is 1. The number of aromatic carboxylic acids is 1. The first-order valence-corrected chi connectivity index (χ1v) is 5.83. The summed E-state index contributed by atoms with van der Waals surface area (Å²) >= 11 is 0. The number of carbonyl (C=O) groups is 2. The second-order valence-electron chi connectivity index (χ2n) is 3.80. The number of ether oxygens (including phenoxy) is 2. The summed E-state index contributed by atoms with van der Waals surface area (Å²) in [6.45, 7) is 0.312. The highest BCUT2D eigenvalue weighted by atomic mass is 16.5. The van der Waals surface area contributed by atoms with Crippen LogP contribution in [0.25, 0.3) is 0 Å². The molecule has 1 aromatic carbocycles. The van der Waals surface area contributed by atoms with E-state index in [0.29, 0.717) is 30.9 Å². The van der Waals surface area contributed by atoms with E-state index in [0.717, 1.165) is 0 Å². The van der Waals surface area contributed by atoms with Gasteiger partial charge in [0.15, 0.2) is 11.5 Å². The molecular weight excluding hydrogens is 250 g/mol. The third kappa shape index (κ3) is 4.50. The van der Waals surface area contributed by atoms with Gasteiger partial charge < -0.3 is 19.9 Å². The summed E-state index contributed by atoms with van der Waals surface area (Å²) in [5.41, 5.74) is 0.127. The highest BCUT2D eigenvalue weighted by molar-refractivity contribution is 5.88. The van der Waals surface area contributed by atoms with E-state index >= 15 is 0 Å². The molecule has 1 amide bonds. The highest BCUT2D eigenvalue weighted by Gasteiger charge is 2.10. The second-order valence-corrected chi connectivity index (χ2v) is 3.80. The first-order chi connectivity index (χ1) is 9.08. The highest BCUT2D eigenvalue weighted by Crippen LogP contribution is 2.28. The van der Waals surface area contributed by atoms with Crippen molar-refractivity contribution >= 4 is 11.9 Å². The molecule has 0 aliphatic heterocycles. The summed E-state index contributed by atoms with van der Waals surface area (Å²) in [5.74, 6) is -0.267. The number of carboxylic acid groups (broad SMARTS) is 1. The van der Waals surface area contributed by atoms with Gasteiger partial charge >= 0.3 is 5.97 Å². The molecule has 0 heterocycles. The molecule has 0 bridgehead atoms. The number of nitrogens with one attached hydrogen (secondary N) is 1. The zero-order valence-corrected chi connectivity index (χ0v) is 10.9. The van der Waals surface area contributed by atoms with Gasteiger partial charge in [0.25, 0.3) is 0 Å². The van der Waals surface area contributed by atoms with Crippen molar-refractivity contribution in [2.24, 2.45) is 0 Å². The van der Waals surface area contributed by atoms with Crippen molar-refractivity contribution in [2.75, 3.05) is 20.8 Å². The van der Waals surface area contributed by atoms with Crippen LogP contribution in [0.2, 0.25) is 0 Å². The van der Waals surface area contributed by atoms with Crippen molar-refractivity contribution in [3.05, 3.63) is 23.8 Å². The largest absolute Gasteiger partial charge is 0.493 e. The molecule has 0 spiro atoms. The Kier molecular flexibility index (Phi) is 5.66. The van der Waals surface area contributed by atoms with Crippen molar-refractivity contribution in [1.82, 2.24) is 5.32 Å². The SMILES string of the molecule is CNC(=O)CCCOc1cc(C(=O)O)ccc1OC. The van der Waals surface area contributed by atoms with Crippen LogP contribution in [-0.2, 0) is 4.79 Å². The van der Waals surface area contributed by atoms with E-state index in [4.69, 9.17) is 14.6 Å². The molecule has 6 nitrogen and oxygen atoms in total. The van der Waals surface area contributed by atoms with Crippen LogP contribution in [0.1, 0.15) is 23.2 Å². The molecule has 0 radical (unpaired) electrons. The lowest BCUT2D eigenvalue weighted by molar-refractivity contribution is -0.120. The maximum atomic E-state index is 11.0. The standard InChI is InChI=1S/C13H17NO5/c1-14-12(15)4-3-7-19-11-8-9(13(16)17)5-6-10(11)18-2/h5-6,8H,3-4,7H2,1-2H3,(H,14,15)(H,16,17). The fourth-order valence-electron chi connectivity index (χ4n) is 1.46. The Morgan fingerprint density at radius 3 is 2.63 bits per heavy atom. The minimum absolute atomic E-state index is 0.0603. The van der Waals surface area contributed by atoms with E-state index in [1.54, 1.807) is 7.05 Å². The Labute approximate surface area is 111 Å². The molecule has 0 atom stereocenters. The molecule has 0 unspecified atom stereocenters. The van der Waals surface area contributed by atoms with Crippen molar-refractivity contribution in [1.29, 1.82) is 0 Å². The van der Waals surface area contributed by atoms with Crippen LogP contribution >= 0.6 is 0 Å². The lowest BCUT2D eigenvalue weighted by Crippen LogP contribution is -2.18. The molecule has 0 fully saturated rings. The van der Waals surface area contributed by atoms with Gasteiger partial charge in [-0.2, -0.15) is 0 Å². The molecule has 2 N–H and O–H groups in total. The van der Waals surface area contributed by atoms with Crippen LogP contribution < -0.4 is 14.8 Å². The number of hydrogen-bond acceptors (Lipinski definition) is 4. The maximum Gasteiger partial charge on any atom is 0.335 e. The molecule has 0 aromatic heterocycles. The van der Waals surface area contributed by atoms with Gasteiger partial charge in [-0.05, 0) is 24.6 Å². The Balaban J connectivity index is 2.62. The summed E-state index contributed by atoms with van der Waals surface area (Å²) in [5, 5.41) is 11.4. The number of hydrogen-bond donors (Lipinski definition) is 2. The topological polar surface area (TPSA) is 84.9 Å². The number of carbonyl (C=O) groups excluding carboxylic acids is 1. The lowest BCUT2D eigenvalue weighted by atomic mass is 10.2. The summed E-state index contributed by atoms with van der Waals surface area (Å²) < 4.78 is 10.5. The van der Waals surface area contributed by atoms with Gasteiger partial charge in [-0.3, -0.25) is 4.79 Å². The summed E-state index contributed by atoms with van der Waals surface area (Å²) in [7, 11) is 3.05. The predicted molar refractivity (Wildman–Crippen MR) is 68.7 cm³/mol. The average Bonchev–Trinajstić information content (AvgIpc) is 2.42. The molecule has 0 saturated heterocycles. The predicted octanol–water partition coefficient (Wildman–Crippen LogP) is 1.30. The van der Waals surface area contributed by atoms with Crippen LogP contribution in [0.3, 0.4) is 0 Å². The summed E-state index contributed by atoms with van der Waals surface area (Å²) in [6.07, 6.45) is 0.900. The minimum Gasteiger partial charge on any atom is -0.493 e. The molecule has 104 valence electrons. The van der Waals surface area contributed by atoms with E-state index in [1.165, 1.54) is 25.3 Å². The quantitative estimate of drug-likeness (QED) is 0.727. The van der Waals surface area contributed by atoms with Gasteiger partial charge in [-0.1, -0.05) is 0 Å². The zero-order valence-electron chi connectivity index (χ0n) is 10.9. The molecule has 1 rings (SSSR count). The van der Waals surface area contributed by atoms with Gasteiger partial charge in [0.1, 0.15) is 0 Å². The molecule has 19 heavy (non-hydrogen) atoms. The monoisotopic (exact) mass is 267 g/mol. The van der Waals surface area contributed by atoms with Crippen molar-refractivity contribution < 1.29 is 24.2 Å². The zero-order chi connectivity index (χ0) is 14.3. The Morgan fingerprint density at radius 1 is 1.32 bits per heavy atom. The van der Waals surface area contributed by atoms with Gasteiger partial charge in [0.2, 0.25) is 5.91 Å². The van der Waals surface area contributed by atoms with Crippen LogP contribution in [0, 0.1) is 0 Å². The van der Waals surface area contributed by atoms with Crippen LogP contribution in [0.5, 0.6) is 11.5 Å². The van der Waals surface area contributed by atoms with Crippen LogP contribution in [0.15, 0.2) is 18.2 Å². The third-order valence-electron chi connectivity index (χ3n) is 2.50. The molecule has 0 saturated carbocycles. The number of methoxy groups -OCH3 is 1. The normalized spacial score (nSPS) is 9.79. The Bertz CT molecular complexity index is 458. The first-order valence-electron chi connectivity index (χ1n) is 5.83. The summed E-state index contributed by atoms with van der Waals surface area (Å²) in [6, 6.07) is 4.39. The van der Waals surface area contributed by atoms with Crippen molar-refractivity contribution in [3.8, 4) is 11.5 Å². The minimum atomic E-state index is -1.03. The molecule has 1 aromatic rings. The molecule has 0 aliphatic carbocycles. The van der Waals surface area contributed by atoms with E-state index in [2.05, 4.69) is 5.32 Å². The fourth-order valence-corrected chi connectivity index (χ4v) is 1.46. The van der Waals surface area contributed by atoms with Crippen molar-refractivity contribution in [3.63, 3.8) is 0 Å². The summed E-state index contributed by atoms with van der Waals surface area (Å²) in [4.78, 5) is 21.9. The van der Waals surface area contributed by atoms with Crippen LogP contribution in [-0.4, -0.2) is 37.7 Å². The Hall–Kier alpha value is -2.24. The first kappa shape index (κ1) is 14.8. The smallest absolute Gasteiger partial charge is 0.335 e. The van der Waals surface area contributed by atoms with Gasteiger partial charge in [0, 0.05) is 13.5 Å². The van der Waals surface area contributed by atoms with Gasteiger partial charge in [-0.25, -0.2) is 4.79 Å². The molecule has 0 aliphatic rings. The number of rotatable bonds is 7. The van der Waals surface area contributed by atoms with Crippen LogP contribution in [0.4, 0.5) is 0 Å². The van der Waals surface area contributed by atoms with Gasteiger partial charge in [-0.15, -0.1) is 0 Å². The maximum absolute atomic E-state index is 11.0. The molecular formula is C13H17NO5. The fraction of sp³-hybridized carbons (Fsp3) is 0.385. The van der Waals surface area contributed by atoms with E-state index in [9.17, 15) is 9.59 Å². The number of benzene rings is 1. The van der Waals surface area contributed by atoms with E-state index in [-0.39, 0.29) is 11.5 Å². The average molecular weight is 267 g/mol.